The van der Waals surface area contributed by atoms with E-state index in [9.17, 15) is 18.0 Å². The third-order valence-electron chi connectivity index (χ3n) is 6.50. The Bertz CT molecular complexity index is 1230. The summed E-state index contributed by atoms with van der Waals surface area (Å²) in [6.45, 7) is 0.525. The molecule has 0 radical (unpaired) electrons. The van der Waals surface area contributed by atoms with Crippen LogP contribution in [0.25, 0.3) is 11.3 Å². The molecule has 9 heteroatoms. The van der Waals surface area contributed by atoms with E-state index in [1.807, 2.05) is 36.0 Å². The van der Waals surface area contributed by atoms with Crippen LogP contribution >= 0.6 is 0 Å². The van der Waals surface area contributed by atoms with Crippen molar-refractivity contribution in [1.82, 2.24) is 14.7 Å². The SMILES string of the molecule is COc1ccc(C(=O)N2CCC3(CC2)Oc2ccccc2-c2c3cnn2C)c(C(F)(F)F)c1. The van der Waals surface area contributed by atoms with E-state index >= 15 is 0 Å². The first-order valence-corrected chi connectivity index (χ1v) is 10.6. The van der Waals surface area contributed by atoms with Crippen LogP contribution in [0.15, 0.2) is 48.7 Å². The first-order chi connectivity index (χ1) is 15.7. The van der Waals surface area contributed by atoms with Crippen LogP contribution in [-0.4, -0.2) is 40.8 Å². The number of amides is 1. The van der Waals surface area contributed by atoms with Gasteiger partial charge in [-0.2, -0.15) is 18.3 Å². The number of piperidine rings is 1. The summed E-state index contributed by atoms with van der Waals surface area (Å²) in [5, 5.41) is 4.42. The highest BCUT2D eigenvalue weighted by Crippen LogP contribution is 2.49. The first-order valence-electron chi connectivity index (χ1n) is 10.6. The second-order valence-electron chi connectivity index (χ2n) is 8.32. The van der Waals surface area contributed by atoms with Crippen LogP contribution in [0.5, 0.6) is 11.5 Å². The molecule has 0 atom stereocenters. The van der Waals surface area contributed by atoms with Crippen molar-refractivity contribution >= 4 is 5.91 Å². The molecular formula is C24H22F3N3O3. The number of benzene rings is 2. The maximum atomic E-state index is 13.6. The fraction of sp³-hybridized carbons (Fsp3) is 0.333. The zero-order valence-electron chi connectivity index (χ0n) is 18.1. The standard InChI is InChI=1S/C24H22F3N3O3/c1-29-21-17-5-3-4-6-20(17)33-23(19(21)14-28-29)9-11-30(12-10-23)22(31)16-8-7-15(32-2)13-18(16)24(25,26)27/h3-8,13-14H,9-12H2,1-2H3. The molecule has 2 aromatic carbocycles. The fourth-order valence-electron chi connectivity index (χ4n) is 4.79. The number of rotatable bonds is 2. The van der Waals surface area contributed by atoms with Crippen LogP contribution in [0.2, 0.25) is 0 Å². The van der Waals surface area contributed by atoms with E-state index in [1.54, 1.807) is 6.20 Å². The molecule has 1 saturated heterocycles. The van der Waals surface area contributed by atoms with Gasteiger partial charge in [-0.3, -0.25) is 9.48 Å². The number of ether oxygens (including phenoxy) is 2. The van der Waals surface area contributed by atoms with E-state index in [0.717, 1.165) is 28.6 Å². The summed E-state index contributed by atoms with van der Waals surface area (Å²) in [5.41, 5.74) is 0.800. The van der Waals surface area contributed by atoms with Crippen LogP contribution in [0.1, 0.15) is 34.3 Å². The summed E-state index contributed by atoms with van der Waals surface area (Å²) in [5.74, 6) is 0.139. The molecule has 1 aromatic heterocycles. The number of hydrogen-bond acceptors (Lipinski definition) is 4. The number of aromatic nitrogens is 2. The van der Waals surface area contributed by atoms with Crippen LogP contribution in [0.3, 0.4) is 0 Å². The number of aryl methyl sites for hydroxylation is 1. The molecule has 33 heavy (non-hydrogen) atoms. The van der Waals surface area contributed by atoms with E-state index < -0.39 is 23.2 Å². The Morgan fingerprint density at radius 2 is 1.88 bits per heavy atom. The van der Waals surface area contributed by atoms with Crippen molar-refractivity contribution < 1.29 is 27.4 Å². The largest absolute Gasteiger partial charge is 0.497 e. The topological polar surface area (TPSA) is 56.6 Å². The molecule has 0 N–H and O–H groups in total. The second-order valence-corrected chi connectivity index (χ2v) is 8.32. The smallest absolute Gasteiger partial charge is 0.417 e. The lowest BCUT2D eigenvalue weighted by Crippen LogP contribution is -2.49. The molecule has 2 aliphatic rings. The van der Waals surface area contributed by atoms with Crippen molar-refractivity contribution in [3.05, 3.63) is 65.4 Å². The molecule has 0 saturated carbocycles. The molecule has 0 bridgehead atoms. The number of methoxy groups -OCH3 is 1. The van der Waals surface area contributed by atoms with Gasteiger partial charge in [-0.25, -0.2) is 0 Å². The lowest BCUT2D eigenvalue weighted by atomic mass is 9.81. The first kappa shape index (κ1) is 21.4. The Labute approximate surface area is 188 Å². The maximum absolute atomic E-state index is 13.6. The van der Waals surface area contributed by atoms with E-state index in [2.05, 4.69) is 5.10 Å². The number of fused-ring (bicyclic) bond motifs is 4. The molecular weight excluding hydrogens is 435 g/mol. The van der Waals surface area contributed by atoms with Crippen LogP contribution in [0, 0.1) is 0 Å². The van der Waals surface area contributed by atoms with E-state index in [-0.39, 0.29) is 24.4 Å². The Morgan fingerprint density at radius 1 is 1.15 bits per heavy atom. The van der Waals surface area contributed by atoms with Crippen molar-refractivity contribution in [1.29, 1.82) is 0 Å². The van der Waals surface area contributed by atoms with Gasteiger partial charge < -0.3 is 14.4 Å². The minimum atomic E-state index is -4.67. The summed E-state index contributed by atoms with van der Waals surface area (Å²) in [7, 11) is 3.16. The number of likely N-dealkylation sites (tertiary alicyclic amines) is 1. The number of nitrogens with zero attached hydrogens (tertiary/aromatic N) is 3. The summed E-state index contributed by atoms with van der Waals surface area (Å²) < 4.78 is 54.1. The molecule has 1 amide bonds. The molecule has 1 fully saturated rings. The van der Waals surface area contributed by atoms with Gasteiger partial charge in [-0.15, -0.1) is 0 Å². The highest BCUT2D eigenvalue weighted by atomic mass is 19.4. The highest BCUT2D eigenvalue weighted by molar-refractivity contribution is 5.96. The average molecular weight is 457 g/mol. The molecule has 5 rings (SSSR count). The third kappa shape index (κ3) is 3.42. The predicted octanol–water partition coefficient (Wildman–Crippen LogP) is 4.64. The van der Waals surface area contributed by atoms with Gasteiger partial charge in [0.15, 0.2) is 0 Å². The number of carbonyl (C=O) groups excluding carboxylic acids is 1. The maximum Gasteiger partial charge on any atom is 0.417 e. The van der Waals surface area contributed by atoms with Gasteiger partial charge in [0.25, 0.3) is 5.91 Å². The van der Waals surface area contributed by atoms with Gasteiger partial charge in [0.2, 0.25) is 0 Å². The molecule has 3 heterocycles. The van der Waals surface area contributed by atoms with Gasteiger partial charge in [0, 0.05) is 44.1 Å². The van der Waals surface area contributed by atoms with Gasteiger partial charge in [0.1, 0.15) is 17.1 Å². The number of para-hydroxylation sites is 1. The van der Waals surface area contributed by atoms with Gasteiger partial charge in [-0.1, -0.05) is 12.1 Å². The Morgan fingerprint density at radius 3 is 2.58 bits per heavy atom. The minimum absolute atomic E-state index is 0.0508. The van der Waals surface area contributed by atoms with E-state index in [1.165, 1.54) is 24.1 Å². The van der Waals surface area contributed by atoms with Crippen LogP contribution in [-0.2, 0) is 18.8 Å². The van der Waals surface area contributed by atoms with E-state index in [4.69, 9.17) is 9.47 Å². The van der Waals surface area contributed by atoms with Crippen molar-refractivity contribution in [2.45, 2.75) is 24.6 Å². The predicted molar refractivity (Wildman–Crippen MR) is 114 cm³/mol. The fourth-order valence-corrected chi connectivity index (χ4v) is 4.79. The van der Waals surface area contributed by atoms with Crippen molar-refractivity contribution in [2.24, 2.45) is 7.05 Å². The molecule has 0 aliphatic carbocycles. The number of alkyl halides is 3. The monoisotopic (exact) mass is 457 g/mol. The lowest BCUT2D eigenvalue weighted by Gasteiger charge is -2.44. The van der Waals surface area contributed by atoms with Crippen molar-refractivity contribution in [3.63, 3.8) is 0 Å². The van der Waals surface area contributed by atoms with Crippen LogP contribution < -0.4 is 9.47 Å². The van der Waals surface area contributed by atoms with E-state index in [0.29, 0.717) is 12.8 Å². The number of halogens is 3. The van der Waals surface area contributed by atoms with Gasteiger partial charge in [0.05, 0.1) is 30.1 Å². The zero-order valence-corrected chi connectivity index (χ0v) is 18.1. The second kappa shape index (κ2) is 7.54. The Balaban J connectivity index is 1.43. The quantitative estimate of drug-likeness (QED) is 0.563. The summed E-state index contributed by atoms with van der Waals surface area (Å²) in [6, 6.07) is 11.1. The third-order valence-corrected chi connectivity index (χ3v) is 6.50. The number of hydrogen-bond donors (Lipinski definition) is 0. The van der Waals surface area contributed by atoms with Crippen molar-refractivity contribution in [3.8, 4) is 22.8 Å². The number of carbonyl (C=O) groups is 1. The van der Waals surface area contributed by atoms with Crippen molar-refractivity contribution in [2.75, 3.05) is 20.2 Å². The summed E-state index contributed by atoms with van der Waals surface area (Å²) in [6.07, 6.45) is -1.99. The van der Waals surface area contributed by atoms with Gasteiger partial charge >= 0.3 is 6.18 Å². The normalized spacial score (nSPS) is 16.7. The Hall–Kier alpha value is -3.49. The minimum Gasteiger partial charge on any atom is -0.497 e. The molecule has 1 spiro atoms. The zero-order chi connectivity index (χ0) is 23.4. The summed E-state index contributed by atoms with van der Waals surface area (Å²) in [4.78, 5) is 14.6. The highest BCUT2D eigenvalue weighted by Gasteiger charge is 2.46. The van der Waals surface area contributed by atoms with Gasteiger partial charge in [-0.05, 0) is 30.3 Å². The molecule has 3 aromatic rings. The lowest BCUT2D eigenvalue weighted by molar-refractivity contribution is -0.138. The average Bonchev–Trinajstić information content (AvgIpc) is 3.21. The van der Waals surface area contributed by atoms with Crippen LogP contribution in [0.4, 0.5) is 13.2 Å². The molecule has 172 valence electrons. The molecule has 6 nitrogen and oxygen atoms in total. The molecule has 2 aliphatic heterocycles. The molecule has 0 unspecified atom stereocenters. The summed E-state index contributed by atoms with van der Waals surface area (Å²) >= 11 is 0. The Kier molecular flexibility index (Phi) is 4.88.